The van der Waals surface area contributed by atoms with Gasteiger partial charge >= 0.3 is 0 Å². The number of carbonyl (C=O) groups excluding carboxylic acids is 2. The lowest BCUT2D eigenvalue weighted by molar-refractivity contribution is 0.0535. The molecular weight excluding hydrogens is 392 g/mol. The van der Waals surface area contributed by atoms with Gasteiger partial charge in [-0.15, -0.1) is 22.7 Å². The lowest BCUT2D eigenvalue weighted by atomic mass is 10.3. The number of benzene rings is 2. The van der Waals surface area contributed by atoms with Crippen molar-refractivity contribution < 1.29 is 9.59 Å². The summed E-state index contributed by atoms with van der Waals surface area (Å²) in [6.07, 6.45) is 0. The maximum atomic E-state index is 12.8. The zero-order chi connectivity index (χ0) is 19.1. The van der Waals surface area contributed by atoms with Crippen LogP contribution < -0.4 is 0 Å². The fourth-order valence-electron chi connectivity index (χ4n) is 3.31. The molecule has 0 saturated carbocycles. The van der Waals surface area contributed by atoms with Crippen LogP contribution in [-0.2, 0) is 0 Å². The number of carbonyl (C=O) groups is 2. The Labute approximate surface area is 169 Å². The molecule has 2 aromatic heterocycles. The minimum absolute atomic E-state index is 0.0618. The summed E-state index contributed by atoms with van der Waals surface area (Å²) < 4.78 is 2.02. The molecule has 1 aliphatic rings. The van der Waals surface area contributed by atoms with Crippen LogP contribution in [0.1, 0.15) is 19.6 Å². The number of rotatable bonds is 2. The van der Waals surface area contributed by atoms with Gasteiger partial charge in [0.1, 0.15) is 0 Å². The van der Waals surface area contributed by atoms with Crippen molar-refractivity contribution in [2.24, 2.45) is 0 Å². The highest BCUT2D eigenvalue weighted by molar-refractivity contribution is 7.20. The van der Waals surface area contributed by atoms with Gasteiger partial charge < -0.3 is 9.80 Å². The van der Waals surface area contributed by atoms with E-state index in [0.29, 0.717) is 36.2 Å². The SMILES string of the molecule is O=C(c1nc2ccccc2s1)N1CCN(C(=O)c2nc3ccccc3s2)CC1. The molecule has 8 heteroatoms. The van der Waals surface area contributed by atoms with Crippen LogP contribution in [0.15, 0.2) is 48.5 Å². The molecule has 1 fully saturated rings. The van der Waals surface area contributed by atoms with E-state index in [1.54, 1.807) is 9.80 Å². The zero-order valence-corrected chi connectivity index (χ0v) is 16.5. The summed E-state index contributed by atoms with van der Waals surface area (Å²) in [5.74, 6) is -0.124. The van der Waals surface area contributed by atoms with E-state index in [1.165, 1.54) is 22.7 Å². The molecule has 0 atom stereocenters. The Morgan fingerprint density at radius 2 is 1.07 bits per heavy atom. The first-order valence-electron chi connectivity index (χ1n) is 8.99. The van der Waals surface area contributed by atoms with E-state index in [9.17, 15) is 9.59 Å². The number of aromatic nitrogens is 2. The monoisotopic (exact) mass is 408 g/mol. The number of para-hydroxylation sites is 2. The second-order valence-electron chi connectivity index (χ2n) is 6.56. The summed E-state index contributed by atoms with van der Waals surface area (Å²) in [6.45, 7) is 2.02. The Hall–Kier alpha value is -2.84. The summed E-state index contributed by atoms with van der Waals surface area (Å²) in [5.41, 5.74) is 1.70. The molecule has 1 aliphatic heterocycles. The van der Waals surface area contributed by atoms with E-state index in [0.717, 1.165) is 20.4 Å². The third kappa shape index (κ3) is 3.04. The molecule has 1 saturated heterocycles. The first-order valence-corrected chi connectivity index (χ1v) is 10.6. The summed E-state index contributed by atoms with van der Waals surface area (Å²) in [7, 11) is 0. The van der Waals surface area contributed by atoms with Crippen LogP contribution in [0, 0.1) is 0 Å². The Morgan fingerprint density at radius 1 is 0.679 bits per heavy atom. The van der Waals surface area contributed by atoms with Gasteiger partial charge in [-0.2, -0.15) is 0 Å². The molecule has 0 bridgehead atoms. The Bertz CT molecular complexity index is 1030. The molecule has 5 rings (SSSR count). The molecule has 140 valence electrons. The quantitative estimate of drug-likeness (QED) is 0.509. The molecule has 2 aromatic carbocycles. The molecule has 0 spiro atoms. The predicted octanol–water partition coefficient (Wildman–Crippen LogP) is 3.50. The van der Waals surface area contributed by atoms with Crippen molar-refractivity contribution in [2.45, 2.75) is 0 Å². The Balaban J connectivity index is 1.27. The predicted molar refractivity (Wildman–Crippen MR) is 111 cm³/mol. The van der Waals surface area contributed by atoms with Gasteiger partial charge in [-0.3, -0.25) is 9.59 Å². The average molecular weight is 409 g/mol. The van der Waals surface area contributed by atoms with Gasteiger partial charge in [0.25, 0.3) is 11.8 Å². The van der Waals surface area contributed by atoms with E-state index < -0.39 is 0 Å². The van der Waals surface area contributed by atoms with Gasteiger partial charge in [-0.05, 0) is 24.3 Å². The van der Waals surface area contributed by atoms with Crippen molar-refractivity contribution >= 4 is 54.9 Å². The number of fused-ring (bicyclic) bond motifs is 2. The first kappa shape index (κ1) is 17.3. The van der Waals surface area contributed by atoms with Crippen LogP contribution in [0.25, 0.3) is 20.4 Å². The molecule has 2 amide bonds. The molecule has 0 radical (unpaired) electrons. The van der Waals surface area contributed by atoms with Crippen molar-refractivity contribution in [1.29, 1.82) is 0 Å². The van der Waals surface area contributed by atoms with Gasteiger partial charge in [0.05, 0.1) is 20.4 Å². The highest BCUT2D eigenvalue weighted by atomic mass is 32.1. The average Bonchev–Trinajstić information content (AvgIpc) is 3.37. The van der Waals surface area contributed by atoms with Gasteiger partial charge in [0.2, 0.25) is 0 Å². The van der Waals surface area contributed by atoms with Gasteiger partial charge in [-0.1, -0.05) is 24.3 Å². The topological polar surface area (TPSA) is 66.4 Å². The highest BCUT2D eigenvalue weighted by Gasteiger charge is 2.28. The Morgan fingerprint density at radius 3 is 1.46 bits per heavy atom. The second-order valence-corrected chi connectivity index (χ2v) is 8.62. The smallest absolute Gasteiger partial charge is 0.282 e. The standard InChI is InChI=1S/C20H16N4O2S2/c25-19(17-21-13-5-1-3-7-15(13)27-17)23-9-11-24(12-10-23)20(26)18-22-14-6-2-4-8-16(14)28-18/h1-8H,9-12H2. The van der Waals surface area contributed by atoms with Crippen LogP contribution in [0.5, 0.6) is 0 Å². The molecule has 0 unspecified atom stereocenters. The van der Waals surface area contributed by atoms with Crippen LogP contribution in [0.4, 0.5) is 0 Å². The summed E-state index contributed by atoms with van der Waals surface area (Å²) >= 11 is 2.83. The number of amides is 2. The molecule has 3 heterocycles. The van der Waals surface area contributed by atoms with E-state index >= 15 is 0 Å². The second kappa shape index (κ2) is 6.96. The highest BCUT2D eigenvalue weighted by Crippen LogP contribution is 2.25. The van der Waals surface area contributed by atoms with Crippen molar-refractivity contribution in [1.82, 2.24) is 19.8 Å². The van der Waals surface area contributed by atoms with Crippen LogP contribution in [0.3, 0.4) is 0 Å². The van der Waals surface area contributed by atoms with E-state index in [2.05, 4.69) is 9.97 Å². The Kier molecular flexibility index (Phi) is 4.29. The summed E-state index contributed by atoms with van der Waals surface area (Å²) in [4.78, 5) is 38.0. The number of thiazole rings is 2. The fraction of sp³-hybridized carbons (Fsp3) is 0.200. The summed E-state index contributed by atoms with van der Waals surface area (Å²) in [5, 5.41) is 1.01. The van der Waals surface area contributed by atoms with Crippen molar-refractivity contribution in [3.8, 4) is 0 Å². The fourth-order valence-corrected chi connectivity index (χ4v) is 5.18. The van der Waals surface area contributed by atoms with E-state index in [1.807, 2.05) is 48.5 Å². The maximum absolute atomic E-state index is 12.8. The number of hydrogen-bond acceptors (Lipinski definition) is 6. The number of hydrogen-bond donors (Lipinski definition) is 0. The maximum Gasteiger partial charge on any atom is 0.282 e. The van der Waals surface area contributed by atoms with Crippen molar-refractivity contribution in [2.75, 3.05) is 26.2 Å². The first-order chi connectivity index (χ1) is 13.7. The van der Waals surface area contributed by atoms with Crippen LogP contribution in [0.2, 0.25) is 0 Å². The largest absolute Gasteiger partial charge is 0.333 e. The van der Waals surface area contributed by atoms with Gasteiger partial charge in [-0.25, -0.2) is 9.97 Å². The summed E-state index contributed by atoms with van der Waals surface area (Å²) in [6, 6.07) is 15.5. The molecular formula is C20H16N4O2S2. The minimum Gasteiger partial charge on any atom is -0.333 e. The zero-order valence-electron chi connectivity index (χ0n) is 14.9. The van der Waals surface area contributed by atoms with Crippen molar-refractivity contribution in [3.63, 3.8) is 0 Å². The van der Waals surface area contributed by atoms with Gasteiger partial charge in [0, 0.05) is 26.2 Å². The molecule has 4 aromatic rings. The number of nitrogens with zero attached hydrogens (tertiary/aromatic N) is 4. The van der Waals surface area contributed by atoms with E-state index in [-0.39, 0.29) is 11.8 Å². The molecule has 0 aliphatic carbocycles. The third-order valence-corrected chi connectivity index (χ3v) is 6.86. The molecule has 28 heavy (non-hydrogen) atoms. The molecule has 6 nitrogen and oxygen atoms in total. The van der Waals surface area contributed by atoms with Crippen LogP contribution in [-0.4, -0.2) is 57.8 Å². The van der Waals surface area contributed by atoms with Crippen LogP contribution >= 0.6 is 22.7 Å². The van der Waals surface area contributed by atoms with Gasteiger partial charge in [0.15, 0.2) is 10.0 Å². The molecule has 0 N–H and O–H groups in total. The lowest BCUT2D eigenvalue weighted by Gasteiger charge is -2.33. The number of piperazine rings is 1. The normalized spacial score (nSPS) is 14.7. The van der Waals surface area contributed by atoms with Crippen molar-refractivity contribution in [3.05, 3.63) is 58.5 Å². The lowest BCUT2D eigenvalue weighted by Crippen LogP contribution is -2.50. The minimum atomic E-state index is -0.0618. The van der Waals surface area contributed by atoms with E-state index in [4.69, 9.17) is 0 Å². The third-order valence-electron chi connectivity index (χ3n) is 4.81.